The zero-order valence-corrected chi connectivity index (χ0v) is 9.76. The van der Waals surface area contributed by atoms with Crippen LogP contribution in [0.1, 0.15) is 25.3 Å². The number of nitrogens with zero attached hydrogens (tertiary/aromatic N) is 2. The third-order valence-corrected chi connectivity index (χ3v) is 2.78. The molecule has 3 nitrogen and oxygen atoms in total. The Hall–Kier alpha value is -1.51. The van der Waals surface area contributed by atoms with E-state index in [2.05, 4.69) is 41.1 Å². The van der Waals surface area contributed by atoms with E-state index in [0.29, 0.717) is 12.0 Å². The Labute approximate surface area is 97.0 Å². The predicted octanol–water partition coefficient (Wildman–Crippen LogP) is 1.99. The second kappa shape index (κ2) is 5.01. The maximum Gasteiger partial charge on any atom is 0.191 e. The van der Waals surface area contributed by atoms with E-state index in [0.717, 1.165) is 13.1 Å². The van der Waals surface area contributed by atoms with Gasteiger partial charge in [-0.2, -0.15) is 0 Å². The molecule has 0 heterocycles. The third kappa shape index (κ3) is 2.99. The van der Waals surface area contributed by atoms with Crippen molar-refractivity contribution in [3.05, 3.63) is 35.9 Å². The first-order valence-electron chi connectivity index (χ1n) is 5.91. The lowest BCUT2D eigenvalue weighted by Gasteiger charge is -2.21. The zero-order chi connectivity index (χ0) is 11.4. The Kier molecular flexibility index (Phi) is 3.44. The maximum atomic E-state index is 5.99. The van der Waals surface area contributed by atoms with Gasteiger partial charge in [0.1, 0.15) is 0 Å². The van der Waals surface area contributed by atoms with Crippen LogP contribution in [0, 0.1) is 0 Å². The minimum Gasteiger partial charge on any atom is -0.370 e. The van der Waals surface area contributed by atoms with Crippen molar-refractivity contribution in [2.24, 2.45) is 10.7 Å². The van der Waals surface area contributed by atoms with Gasteiger partial charge in [0.05, 0.1) is 6.04 Å². The Morgan fingerprint density at radius 3 is 2.62 bits per heavy atom. The van der Waals surface area contributed by atoms with Crippen LogP contribution in [0.3, 0.4) is 0 Å². The molecule has 1 aromatic rings. The molecule has 2 N–H and O–H groups in total. The number of nitrogens with two attached hydrogens (primary N) is 1. The monoisotopic (exact) mass is 217 g/mol. The molecule has 0 radical (unpaired) electrons. The van der Waals surface area contributed by atoms with Gasteiger partial charge in [-0.15, -0.1) is 0 Å². The first-order chi connectivity index (χ1) is 7.79. The number of rotatable bonds is 4. The van der Waals surface area contributed by atoms with Gasteiger partial charge in [-0.1, -0.05) is 30.3 Å². The molecule has 0 amide bonds. The van der Waals surface area contributed by atoms with Gasteiger partial charge in [-0.25, -0.2) is 4.99 Å². The highest BCUT2D eigenvalue weighted by Crippen LogP contribution is 2.23. The normalized spacial score (nSPS) is 16.2. The third-order valence-electron chi connectivity index (χ3n) is 2.78. The lowest BCUT2D eigenvalue weighted by molar-refractivity contribution is 0.428. The van der Waals surface area contributed by atoms with E-state index in [1.807, 2.05) is 6.07 Å². The summed E-state index contributed by atoms with van der Waals surface area (Å²) in [4.78, 5) is 6.59. The molecule has 3 heteroatoms. The molecule has 1 fully saturated rings. The fourth-order valence-electron chi connectivity index (χ4n) is 1.63. The number of guanidine groups is 1. The summed E-state index contributed by atoms with van der Waals surface area (Å²) in [6.45, 7) is 3.86. The molecule has 0 saturated heterocycles. The molecule has 86 valence electrons. The average Bonchev–Trinajstić information content (AvgIpc) is 3.11. The molecule has 0 aromatic heterocycles. The summed E-state index contributed by atoms with van der Waals surface area (Å²) in [5, 5.41) is 0. The lowest BCUT2D eigenvalue weighted by atomic mass is 10.2. The van der Waals surface area contributed by atoms with Crippen LogP contribution in [0.2, 0.25) is 0 Å². The van der Waals surface area contributed by atoms with Crippen LogP contribution in [0.5, 0.6) is 0 Å². The SMILES string of the molecule is CCN(Cc1ccccc1)C(N)=NC1CC1. The van der Waals surface area contributed by atoms with Gasteiger partial charge in [-0.05, 0) is 25.3 Å². The summed E-state index contributed by atoms with van der Waals surface area (Å²) >= 11 is 0. The van der Waals surface area contributed by atoms with Crippen LogP contribution in [0.4, 0.5) is 0 Å². The summed E-state index contributed by atoms with van der Waals surface area (Å²) in [7, 11) is 0. The molecule has 0 bridgehead atoms. The van der Waals surface area contributed by atoms with E-state index in [9.17, 15) is 0 Å². The zero-order valence-electron chi connectivity index (χ0n) is 9.76. The van der Waals surface area contributed by atoms with Crippen molar-refractivity contribution in [2.45, 2.75) is 32.4 Å². The number of aliphatic imine (C=N–C) groups is 1. The molecule has 1 aliphatic rings. The molecular weight excluding hydrogens is 198 g/mol. The largest absolute Gasteiger partial charge is 0.370 e. The standard InChI is InChI=1S/C13H19N3/c1-2-16(13(14)15-12-8-9-12)10-11-6-4-3-5-7-11/h3-7,12H,2,8-10H2,1H3,(H2,14,15). The molecule has 1 saturated carbocycles. The van der Waals surface area contributed by atoms with Crippen LogP contribution in [-0.2, 0) is 6.54 Å². The second-order valence-corrected chi connectivity index (χ2v) is 4.22. The fraction of sp³-hybridized carbons (Fsp3) is 0.462. The van der Waals surface area contributed by atoms with Crippen LogP contribution >= 0.6 is 0 Å². The molecule has 1 aliphatic carbocycles. The minimum absolute atomic E-state index is 0.491. The van der Waals surface area contributed by atoms with Gasteiger partial charge in [0.2, 0.25) is 0 Å². The quantitative estimate of drug-likeness (QED) is 0.619. The van der Waals surface area contributed by atoms with Gasteiger partial charge in [-0.3, -0.25) is 0 Å². The predicted molar refractivity (Wildman–Crippen MR) is 67.2 cm³/mol. The van der Waals surface area contributed by atoms with E-state index >= 15 is 0 Å². The van der Waals surface area contributed by atoms with E-state index in [4.69, 9.17) is 5.73 Å². The van der Waals surface area contributed by atoms with Crippen molar-refractivity contribution in [1.29, 1.82) is 0 Å². The molecular formula is C13H19N3. The molecule has 0 spiro atoms. The van der Waals surface area contributed by atoms with Crippen LogP contribution in [0.15, 0.2) is 35.3 Å². The average molecular weight is 217 g/mol. The van der Waals surface area contributed by atoms with Crippen LogP contribution in [-0.4, -0.2) is 23.4 Å². The highest BCUT2D eigenvalue weighted by atomic mass is 15.3. The Morgan fingerprint density at radius 1 is 1.38 bits per heavy atom. The number of benzene rings is 1. The summed E-state index contributed by atoms with van der Waals surface area (Å²) in [5.74, 6) is 0.689. The van der Waals surface area contributed by atoms with Crippen LogP contribution in [0.25, 0.3) is 0 Å². The first kappa shape index (κ1) is 11.0. The highest BCUT2D eigenvalue weighted by Gasteiger charge is 2.21. The van der Waals surface area contributed by atoms with E-state index in [-0.39, 0.29) is 0 Å². The number of hydrogen-bond acceptors (Lipinski definition) is 1. The molecule has 0 unspecified atom stereocenters. The smallest absolute Gasteiger partial charge is 0.191 e. The number of hydrogen-bond donors (Lipinski definition) is 1. The fourth-order valence-corrected chi connectivity index (χ4v) is 1.63. The Morgan fingerprint density at radius 2 is 2.06 bits per heavy atom. The summed E-state index contributed by atoms with van der Waals surface area (Å²) in [6.07, 6.45) is 2.40. The van der Waals surface area contributed by atoms with Crippen molar-refractivity contribution in [1.82, 2.24) is 4.90 Å². The van der Waals surface area contributed by atoms with Crippen LogP contribution < -0.4 is 5.73 Å². The van der Waals surface area contributed by atoms with Gasteiger partial charge in [0.15, 0.2) is 5.96 Å². The molecule has 2 rings (SSSR count). The second-order valence-electron chi connectivity index (χ2n) is 4.22. The Balaban J connectivity index is 1.99. The summed E-state index contributed by atoms with van der Waals surface area (Å²) < 4.78 is 0. The van der Waals surface area contributed by atoms with Crippen molar-refractivity contribution in [3.63, 3.8) is 0 Å². The van der Waals surface area contributed by atoms with Crippen molar-refractivity contribution < 1.29 is 0 Å². The first-order valence-corrected chi connectivity index (χ1v) is 5.91. The van der Waals surface area contributed by atoms with E-state index in [1.165, 1.54) is 18.4 Å². The highest BCUT2D eigenvalue weighted by molar-refractivity contribution is 5.78. The Bertz CT molecular complexity index is 355. The maximum absolute atomic E-state index is 5.99. The van der Waals surface area contributed by atoms with Crippen molar-refractivity contribution in [3.8, 4) is 0 Å². The summed E-state index contributed by atoms with van der Waals surface area (Å²) in [5.41, 5.74) is 7.27. The van der Waals surface area contributed by atoms with Gasteiger partial charge in [0, 0.05) is 13.1 Å². The van der Waals surface area contributed by atoms with Gasteiger partial charge < -0.3 is 10.6 Å². The van der Waals surface area contributed by atoms with Crippen molar-refractivity contribution >= 4 is 5.96 Å². The lowest BCUT2D eigenvalue weighted by Crippen LogP contribution is -2.37. The summed E-state index contributed by atoms with van der Waals surface area (Å²) in [6, 6.07) is 10.9. The minimum atomic E-state index is 0.491. The van der Waals surface area contributed by atoms with E-state index in [1.54, 1.807) is 0 Å². The molecule has 0 atom stereocenters. The van der Waals surface area contributed by atoms with Crippen molar-refractivity contribution in [2.75, 3.05) is 6.54 Å². The molecule has 16 heavy (non-hydrogen) atoms. The van der Waals surface area contributed by atoms with Gasteiger partial charge >= 0.3 is 0 Å². The topological polar surface area (TPSA) is 41.6 Å². The van der Waals surface area contributed by atoms with Gasteiger partial charge in [0.25, 0.3) is 0 Å². The molecule has 1 aromatic carbocycles. The van der Waals surface area contributed by atoms with E-state index < -0.39 is 0 Å². The molecule has 0 aliphatic heterocycles.